The van der Waals surface area contributed by atoms with Crippen LogP contribution in [0.25, 0.3) is 0 Å². The van der Waals surface area contributed by atoms with E-state index >= 15 is 0 Å². The molecule has 0 aromatic rings. The fourth-order valence-corrected chi connectivity index (χ4v) is 8.75. The summed E-state index contributed by atoms with van der Waals surface area (Å²) in [7, 11) is -0.538. The number of carboxylic acid groups (broad SMARTS) is 2. The summed E-state index contributed by atoms with van der Waals surface area (Å²) < 4.78 is 28.3. The van der Waals surface area contributed by atoms with Crippen LogP contribution in [0.5, 0.6) is 0 Å². The molecule has 11 heteroatoms. The van der Waals surface area contributed by atoms with E-state index in [-0.39, 0.29) is 24.0 Å². The van der Waals surface area contributed by atoms with Crippen LogP contribution in [0.15, 0.2) is 24.3 Å². The number of carboxylic acids is 2. The summed E-state index contributed by atoms with van der Waals surface area (Å²) in [5, 5.41) is 17.8. The minimum Gasteiger partial charge on any atom is -0.478 e. The van der Waals surface area contributed by atoms with Gasteiger partial charge in [0.15, 0.2) is 0 Å². The highest BCUT2D eigenvalue weighted by molar-refractivity contribution is 6.75. The summed E-state index contributed by atoms with van der Waals surface area (Å²) in [6.45, 7) is 7.00. The van der Waals surface area contributed by atoms with E-state index < -0.39 is 29.5 Å². The topological polar surface area (TPSA) is 121 Å². The molecule has 27 heavy (non-hydrogen) atoms. The van der Waals surface area contributed by atoms with Gasteiger partial charge in [0.2, 0.25) is 0 Å². The van der Waals surface area contributed by atoms with E-state index in [0.717, 1.165) is 0 Å². The maximum atomic E-state index is 10.9. The van der Waals surface area contributed by atoms with Gasteiger partial charge in [-0.1, -0.05) is 13.2 Å². The highest BCUT2D eigenvalue weighted by Gasteiger charge is 2.51. The van der Waals surface area contributed by atoms with Crippen molar-refractivity contribution in [3.05, 3.63) is 24.3 Å². The molecule has 2 N–H and O–H groups in total. The molecule has 0 aliphatic carbocycles. The Kier molecular flexibility index (Phi) is 11.6. The minimum absolute atomic E-state index is 0.0966. The number of hydrogen-bond donors (Lipinski definition) is 2. The Bertz CT molecular complexity index is 482. The van der Waals surface area contributed by atoms with Gasteiger partial charge < -0.3 is 32.0 Å². The van der Waals surface area contributed by atoms with Gasteiger partial charge in [-0.15, -0.1) is 0 Å². The minimum atomic E-state index is -3.18. The fourth-order valence-electron chi connectivity index (χ4n) is 2.33. The molecule has 0 bridgehead atoms. The number of carbonyl (C=O) groups is 2. The zero-order chi connectivity index (χ0) is 21.1. The third-order valence-electron chi connectivity index (χ3n) is 4.08. The Morgan fingerprint density at radius 1 is 0.741 bits per heavy atom. The number of aliphatic carboxylic acids is 2. The highest BCUT2D eigenvalue weighted by atomic mass is 28.5. The molecular formula is C16H30O9Si2. The van der Waals surface area contributed by atoms with Gasteiger partial charge in [0, 0.05) is 51.7 Å². The van der Waals surface area contributed by atoms with Gasteiger partial charge in [-0.25, -0.2) is 9.59 Å². The van der Waals surface area contributed by atoms with Crippen LogP contribution >= 0.6 is 0 Å². The van der Waals surface area contributed by atoms with Gasteiger partial charge in [-0.3, -0.25) is 0 Å². The molecule has 0 unspecified atom stereocenters. The van der Waals surface area contributed by atoms with E-state index in [2.05, 4.69) is 13.2 Å². The SMILES string of the molecule is C=C(CCC[Si](OC)(OC)O[Si](CCCC(=C)C(=O)O)(OC)OC)C(=O)O. The Morgan fingerprint density at radius 3 is 1.26 bits per heavy atom. The molecule has 0 radical (unpaired) electrons. The molecule has 0 aromatic heterocycles. The standard InChI is InChI=1S/C16H30O9Si2/c1-13(15(17)18)9-7-11-26(21-3,22-4)25-27(23-5,24-6)12-8-10-14(2)16(19)20/h1-2,7-12H2,3-6H3,(H,17,18)(H,19,20). The normalized spacial score (nSPS) is 12.0. The summed E-state index contributed by atoms with van der Waals surface area (Å²) in [6.07, 6.45) is 1.44. The van der Waals surface area contributed by atoms with Crippen LogP contribution in [0.2, 0.25) is 12.1 Å². The van der Waals surface area contributed by atoms with Gasteiger partial charge in [-0.05, 0) is 25.7 Å². The monoisotopic (exact) mass is 422 g/mol. The van der Waals surface area contributed by atoms with Crippen molar-refractivity contribution in [2.45, 2.75) is 37.8 Å². The van der Waals surface area contributed by atoms with Gasteiger partial charge >= 0.3 is 29.5 Å². The first-order valence-corrected chi connectivity index (χ1v) is 12.2. The van der Waals surface area contributed by atoms with Crippen molar-refractivity contribution in [3.8, 4) is 0 Å². The molecule has 0 aliphatic rings. The second kappa shape index (κ2) is 12.2. The molecule has 0 heterocycles. The van der Waals surface area contributed by atoms with E-state index in [1.807, 2.05) is 0 Å². The van der Waals surface area contributed by atoms with Gasteiger partial charge in [0.25, 0.3) is 0 Å². The quantitative estimate of drug-likeness (QED) is 0.285. The van der Waals surface area contributed by atoms with E-state index in [9.17, 15) is 9.59 Å². The predicted molar refractivity (Wildman–Crippen MR) is 102 cm³/mol. The lowest BCUT2D eigenvalue weighted by atomic mass is 10.2. The maximum absolute atomic E-state index is 10.9. The van der Waals surface area contributed by atoms with E-state index in [1.165, 1.54) is 28.4 Å². The lowest BCUT2D eigenvalue weighted by molar-refractivity contribution is -0.133. The van der Waals surface area contributed by atoms with Crippen molar-refractivity contribution in [3.63, 3.8) is 0 Å². The zero-order valence-corrected chi connectivity index (χ0v) is 18.4. The average molecular weight is 423 g/mol. The maximum Gasteiger partial charge on any atom is 0.493 e. The van der Waals surface area contributed by atoms with Crippen molar-refractivity contribution in [1.82, 2.24) is 0 Å². The molecule has 0 aliphatic heterocycles. The Morgan fingerprint density at radius 2 is 1.04 bits per heavy atom. The third kappa shape index (κ3) is 8.47. The lowest BCUT2D eigenvalue weighted by Crippen LogP contribution is -2.57. The molecule has 0 spiro atoms. The predicted octanol–water partition coefficient (Wildman–Crippen LogP) is 2.31. The second-order valence-corrected chi connectivity index (χ2v) is 12.0. The molecule has 156 valence electrons. The molecule has 0 saturated heterocycles. The molecule has 0 fully saturated rings. The van der Waals surface area contributed by atoms with Crippen LogP contribution in [-0.2, 0) is 31.4 Å². The van der Waals surface area contributed by atoms with Crippen molar-refractivity contribution < 1.29 is 41.6 Å². The first-order chi connectivity index (χ1) is 12.6. The Labute approximate surface area is 162 Å². The van der Waals surface area contributed by atoms with Crippen LogP contribution < -0.4 is 0 Å². The van der Waals surface area contributed by atoms with Crippen LogP contribution in [0, 0.1) is 0 Å². The van der Waals surface area contributed by atoms with Crippen molar-refractivity contribution in [2.24, 2.45) is 0 Å². The van der Waals surface area contributed by atoms with E-state index in [0.29, 0.717) is 24.9 Å². The van der Waals surface area contributed by atoms with Crippen LogP contribution in [0.1, 0.15) is 25.7 Å². The largest absolute Gasteiger partial charge is 0.493 e. The first kappa shape index (κ1) is 25.7. The van der Waals surface area contributed by atoms with Gasteiger partial charge in [0.05, 0.1) is 0 Å². The van der Waals surface area contributed by atoms with Gasteiger partial charge in [0.1, 0.15) is 0 Å². The summed E-state index contributed by atoms with van der Waals surface area (Å²) in [4.78, 5) is 21.7. The summed E-state index contributed by atoms with van der Waals surface area (Å²) >= 11 is 0. The molecular weight excluding hydrogens is 392 g/mol. The molecule has 0 saturated carbocycles. The van der Waals surface area contributed by atoms with Crippen molar-refractivity contribution in [2.75, 3.05) is 28.4 Å². The van der Waals surface area contributed by atoms with E-state index in [1.54, 1.807) is 0 Å². The number of rotatable bonds is 16. The summed E-state index contributed by atoms with van der Waals surface area (Å²) in [5.74, 6) is -2.09. The summed E-state index contributed by atoms with van der Waals surface area (Å²) in [6, 6.07) is 0.714. The average Bonchev–Trinajstić information content (AvgIpc) is 2.65. The van der Waals surface area contributed by atoms with E-state index in [4.69, 9.17) is 32.0 Å². The molecule has 0 aromatic carbocycles. The molecule has 0 amide bonds. The fraction of sp³-hybridized carbons (Fsp3) is 0.625. The first-order valence-electron chi connectivity index (χ1n) is 8.33. The van der Waals surface area contributed by atoms with Gasteiger partial charge in [-0.2, -0.15) is 0 Å². The Balaban J connectivity index is 5.07. The Hall–Kier alpha value is -1.35. The second-order valence-electron chi connectivity index (χ2n) is 5.81. The smallest absolute Gasteiger partial charge is 0.478 e. The van der Waals surface area contributed by atoms with Crippen LogP contribution in [0.3, 0.4) is 0 Å². The van der Waals surface area contributed by atoms with Crippen molar-refractivity contribution >= 4 is 29.5 Å². The highest BCUT2D eigenvalue weighted by Crippen LogP contribution is 2.28. The summed E-state index contributed by atoms with van der Waals surface area (Å²) in [5.41, 5.74) is 0.193. The van der Waals surface area contributed by atoms with Crippen molar-refractivity contribution in [1.29, 1.82) is 0 Å². The third-order valence-corrected chi connectivity index (χ3v) is 11.0. The number of hydrogen-bond acceptors (Lipinski definition) is 7. The lowest BCUT2D eigenvalue weighted by Gasteiger charge is -2.35. The van der Waals surface area contributed by atoms with Crippen LogP contribution in [0.4, 0.5) is 0 Å². The molecule has 0 rings (SSSR count). The molecule has 0 atom stereocenters. The zero-order valence-electron chi connectivity index (χ0n) is 16.4. The molecule has 9 nitrogen and oxygen atoms in total. The van der Waals surface area contributed by atoms with Crippen LogP contribution in [-0.4, -0.2) is 68.2 Å².